The molecule has 19 heavy (non-hydrogen) atoms. The summed E-state index contributed by atoms with van der Waals surface area (Å²) < 4.78 is 56.1. The minimum Gasteiger partial charge on any atom is -0.497 e. The van der Waals surface area contributed by atoms with Crippen molar-refractivity contribution in [3.63, 3.8) is 0 Å². The van der Waals surface area contributed by atoms with Crippen molar-refractivity contribution in [1.29, 1.82) is 0 Å². The van der Waals surface area contributed by atoms with Crippen molar-refractivity contribution in [3.05, 3.63) is 18.2 Å². The first kappa shape index (κ1) is 15.7. The third-order valence-corrected chi connectivity index (χ3v) is 5.15. The van der Waals surface area contributed by atoms with Crippen LogP contribution in [0.3, 0.4) is 0 Å². The van der Waals surface area contributed by atoms with E-state index in [9.17, 15) is 16.8 Å². The largest absolute Gasteiger partial charge is 0.497 e. The van der Waals surface area contributed by atoms with Crippen LogP contribution in [0.25, 0.3) is 0 Å². The van der Waals surface area contributed by atoms with Gasteiger partial charge in [0.25, 0.3) is 0 Å². The van der Waals surface area contributed by atoms with E-state index in [0.717, 1.165) is 0 Å². The van der Waals surface area contributed by atoms with Crippen LogP contribution in [0.4, 0.5) is 5.69 Å². The van der Waals surface area contributed by atoms with E-state index in [4.69, 9.17) is 4.74 Å². The molecular weight excluding hydrogens is 292 g/mol. The lowest BCUT2D eigenvalue weighted by atomic mass is 10.3. The summed E-state index contributed by atoms with van der Waals surface area (Å²) in [6.07, 6.45) is 0. The lowest BCUT2D eigenvalue weighted by Crippen LogP contribution is -2.22. The lowest BCUT2D eigenvalue weighted by Gasteiger charge is -2.13. The van der Waals surface area contributed by atoms with Gasteiger partial charge in [0.1, 0.15) is 10.6 Å². The molecule has 2 N–H and O–H groups in total. The summed E-state index contributed by atoms with van der Waals surface area (Å²) in [5.41, 5.74) is -0.0458. The Morgan fingerprint density at radius 3 is 2.32 bits per heavy atom. The van der Waals surface area contributed by atoms with Crippen LogP contribution in [0.15, 0.2) is 23.1 Å². The molecule has 1 aromatic rings. The number of sulfonamides is 2. The maximum atomic E-state index is 11.8. The maximum Gasteiger partial charge on any atom is 0.242 e. The first-order valence-corrected chi connectivity index (χ1v) is 8.51. The van der Waals surface area contributed by atoms with E-state index in [1.807, 2.05) is 0 Å². The van der Waals surface area contributed by atoms with Crippen molar-refractivity contribution in [2.24, 2.45) is 0 Å². The summed E-state index contributed by atoms with van der Waals surface area (Å²) in [4.78, 5) is -0.159. The van der Waals surface area contributed by atoms with Gasteiger partial charge >= 0.3 is 0 Å². The summed E-state index contributed by atoms with van der Waals surface area (Å²) in [6.45, 7) is 1.45. The van der Waals surface area contributed by atoms with E-state index in [-0.39, 0.29) is 16.3 Å². The third kappa shape index (κ3) is 3.82. The summed E-state index contributed by atoms with van der Waals surface area (Å²) in [5.74, 6) is 0.187. The number of methoxy groups -OCH3 is 1. The quantitative estimate of drug-likeness (QED) is 0.790. The van der Waals surface area contributed by atoms with Crippen LogP contribution in [0.5, 0.6) is 5.75 Å². The fourth-order valence-corrected chi connectivity index (χ4v) is 2.88. The van der Waals surface area contributed by atoms with Gasteiger partial charge in [0.15, 0.2) is 0 Å². The summed E-state index contributed by atoms with van der Waals surface area (Å²) >= 11 is 0. The molecule has 0 bridgehead atoms. The smallest absolute Gasteiger partial charge is 0.242 e. The van der Waals surface area contributed by atoms with Crippen LogP contribution in [0.2, 0.25) is 0 Å². The molecule has 9 heteroatoms. The average Bonchev–Trinajstić information content (AvgIpc) is 2.38. The Bertz CT molecular complexity index is 652. The second kappa shape index (κ2) is 5.76. The van der Waals surface area contributed by atoms with E-state index >= 15 is 0 Å². The van der Waals surface area contributed by atoms with Gasteiger partial charge in [-0.1, -0.05) is 0 Å². The summed E-state index contributed by atoms with van der Waals surface area (Å²) in [5, 5.41) is 0. The Morgan fingerprint density at radius 1 is 1.21 bits per heavy atom. The van der Waals surface area contributed by atoms with Crippen molar-refractivity contribution in [2.75, 3.05) is 24.6 Å². The molecule has 0 fully saturated rings. The van der Waals surface area contributed by atoms with Gasteiger partial charge in [0, 0.05) is 6.07 Å². The first-order chi connectivity index (χ1) is 8.75. The molecule has 0 heterocycles. The zero-order chi connectivity index (χ0) is 14.7. The molecule has 1 aromatic carbocycles. The second-order valence-corrected chi connectivity index (χ2v) is 7.44. The van der Waals surface area contributed by atoms with Crippen molar-refractivity contribution >= 4 is 25.7 Å². The van der Waals surface area contributed by atoms with E-state index < -0.39 is 20.0 Å². The Balaban J connectivity index is 3.41. The molecule has 1 rings (SSSR count). The van der Waals surface area contributed by atoms with Crippen molar-refractivity contribution < 1.29 is 21.6 Å². The Kier molecular flexibility index (Phi) is 4.77. The summed E-state index contributed by atoms with van der Waals surface area (Å²) in [6, 6.07) is 4.03. The highest BCUT2D eigenvalue weighted by Crippen LogP contribution is 2.27. The molecule has 0 aliphatic heterocycles. The molecular formula is C10H16N2O5S2. The average molecular weight is 308 g/mol. The molecule has 0 aromatic heterocycles. The molecule has 0 spiro atoms. The molecule has 0 saturated carbocycles. The number of ether oxygens (including phenoxy) is 1. The lowest BCUT2D eigenvalue weighted by molar-refractivity contribution is 0.414. The minimum atomic E-state index is -3.77. The Morgan fingerprint density at radius 2 is 1.84 bits per heavy atom. The second-order valence-electron chi connectivity index (χ2n) is 3.58. The molecule has 0 aliphatic carbocycles. The monoisotopic (exact) mass is 308 g/mol. The Hall–Kier alpha value is -1.32. The van der Waals surface area contributed by atoms with Gasteiger partial charge in [-0.25, -0.2) is 21.6 Å². The van der Waals surface area contributed by atoms with Gasteiger partial charge in [0.2, 0.25) is 20.0 Å². The number of anilines is 1. The van der Waals surface area contributed by atoms with Crippen molar-refractivity contribution in [1.82, 2.24) is 4.72 Å². The molecule has 108 valence electrons. The number of nitrogens with one attached hydrogen (secondary N) is 2. The molecule has 0 amide bonds. The Labute approximate surface area is 113 Å². The van der Waals surface area contributed by atoms with Crippen molar-refractivity contribution in [2.45, 2.75) is 11.8 Å². The topological polar surface area (TPSA) is 102 Å². The molecule has 7 nitrogen and oxygen atoms in total. The number of hydrogen-bond acceptors (Lipinski definition) is 5. The molecule has 0 atom stereocenters. The van der Waals surface area contributed by atoms with Gasteiger partial charge in [0.05, 0.1) is 18.6 Å². The highest BCUT2D eigenvalue weighted by atomic mass is 32.2. The third-order valence-electron chi connectivity index (χ3n) is 2.39. The van der Waals surface area contributed by atoms with Crippen LogP contribution < -0.4 is 14.2 Å². The minimum absolute atomic E-state index is 0.0458. The van der Waals surface area contributed by atoms with Crippen LogP contribution in [0, 0.1) is 0 Å². The fraction of sp³-hybridized carbons (Fsp3) is 0.400. The van der Waals surface area contributed by atoms with Crippen LogP contribution in [-0.2, 0) is 20.0 Å². The van der Waals surface area contributed by atoms with Gasteiger partial charge in [-0.05, 0) is 26.1 Å². The van der Waals surface area contributed by atoms with E-state index in [1.54, 1.807) is 0 Å². The number of benzene rings is 1. The highest BCUT2D eigenvalue weighted by Gasteiger charge is 2.20. The predicted octanol–water partition coefficient (Wildman–Crippen LogP) is 0.365. The first-order valence-electron chi connectivity index (χ1n) is 5.38. The molecule has 0 saturated heterocycles. The van der Waals surface area contributed by atoms with Crippen LogP contribution >= 0.6 is 0 Å². The molecule has 0 radical (unpaired) electrons. The highest BCUT2D eigenvalue weighted by molar-refractivity contribution is 7.93. The number of hydrogen-bond donors (Lipinski definition) is 2. The zero-order valence-electron chi connectivity index (χ0n) is 10.8. The summed E-state index contributed by atoms with van der Waals surface area (Å²) in [7, 11) is -4.70. The van der Waals surface area contributed by atoms with Gasteiger partial charge in [-0.2, -0.15) is 0 Å². The standard InChI is InChI=1S/C10H16N2O5S2/c1-4-18(13,14)12-9-7-8(17-3)5-6-10(9)19(15,16)11-2/h5-7,11-12H,4H2,1-3H3. The van der Waals surface area contributed by atoms with Crippen LogP contribution in [-0.4, -0.2) is 36.7 Å². The predicted molar refractivity (Wildman–Crippen MR) is 72.3 cm³/mol. The molecule has 0 aliphatic rings. The van der Waals surface area contributed by atoms with E-state index in [2.05, 4.69) is 9.44 Å². The fourth-order valence-electron chi connectivity index (χ4n) is 1.30. The van der Waals surface area contributed by atoms with E-state index in [0.29, 0.717) is 5.75 Å². The normalized spacial score (nSPS) is 12.2. The van der Waals surface area contributed by atoms with Crippen LogP contribution in [0.1, 0.15) is 6.92 Å². The number of rotatable bonds is 6. The van der Waals surface area contributed by atoms with Gasteiger partial charge in [-0.3, -0.25) is 4.72 Å². The maximum absolute atomic E-state index is 11.8. The zero-order valence-corrected chi connectivity index (χ0v) is 12.4. The van der Waals surface area contributed by atoms with Crippen molar-refractivity contribution in [3.8, 4) is 5.75 Å². The van der Waals surface area contributed by atoms with Gasteiger partial charge < -0.3 is 4.74 Å². The van der Waals surface area contributed by atoms with Gasteiger partial charge in [-0.15, -0.1) is 0 Å². The molecule has 0 unspecified atom stereocenters. The van der Waals surface area contributed by atoms with E-state index in [1.165, 1.54) is 39.3 Å². The SMILES string of the molecule is CCS(=O)(=O)Nc1cc(OC)ccc1S(=O)(=O)NC.